The third-order valence-electron chi connectivity index (χ3n) is 4.93. The van der Waals surface area contributed by atoms with Crippen molar-refractivity contribution in [2.45, 2.75) is 32.2 Å². The van der Waals surface area contributed by atoms with Gasteiger partial charge in [-0.25, -0.2) is 13.5 Å². The van der Waals surface area contributed by atoms with E-state index in [0.717, 1.165) is 41.8 Å². The van der Waals surface area contributed by atoms with Gasteiger partial charge < -0.3 is 5.32 Å². The largest absolute Gasteiger partial charge is 0.344 e. The summed E-state index contributed by atoms with van der Waals surface area (Å²) >= 11 is 0. The molecule has 0 saturated carbocycles. The van der Waals surface area contributed by atoms with Gasteiger partial charge in [-0.2, -0.15) is 5.10 Å². The maximum atomic E-state index is 13.2. The van der Waals surface area contributed by atoms with Crippen LogP contribution in [0.5, 0.6) is 0 Å². The zero-order valence-electron chi connectivity index (χ0n) is 14.9. The minimum Gasteiger partial charge on any atom is -0.344 e. The zero-order valence-corrected chi connectivity index (χ0v) is 14.9. The molecule has 0 bridgehead atoms. The molecule has 1 amide bonds. The lowest BCUT2D eigenvalue weighted by molar-refractivity contribution is 0.0933. The van der Waals surface area contributed by atoms with Gasteiger partial charge >= 0.3 is 0 Å². The molecule has 3 aromatic rings. The summed E-state index contributed by atoms with van der Waals surface area (Å²) in [7, 11) is 0. The van der Waals surface area contributed by atoms with E-state index in [0.29, 0.717) is 5.69 Å². The summed E-state index contributed by atoms with van der Waals surface area (Å²) in [4.78, 5) is 12.8. The first-order valence-electron chi connectivity index (χ1n) is 8.96. The monoisotopic (exact) mass is 367 g/mol. The van der Waals surface area contributed by atoms with E-state index >= 15 is 0 Å². The highest BCUT2D eigenvalue weighted by atomic mass is 19.1. The summed E-state index contributed by atoms with van der Waals surface area (Å²) in [5.74, 6) is -0.882. The van der Waals surface area contributed by atoms with Crippen LogP contribution in [0, 0.1) is 11.6 Å². The number of benzene rings is 2. The third-order valence-corrected chi connectivity index (χ3v) is 4.93. The van der Waals surface area contributed by atoms with Crippen molar-refractivity contribution in [3.63, 3.8) is 0 Å². The van der Waals surface area contributed by atoms with Crippen LogP contribution in [0.25, 0.3) is 5.69 Å². The Bertz CT molecular complexity index is 978. The van der Waals surface area contributed by atoms with Crippen LogP contribution in [0.15, 0.2) is 48.5 Å². The number of fused-ring (bicyclic) bond motifs is 1. The van der Waals surface area contributed by atoms with Gasteiger partial charge in [0.1, 0.15) is 11.6 Å². The lowest BCUT2D eigenvalue weighted by Crippen LogP contribution is -2.28. The van der Waals surface area contributed by atoms with Crippen molar-refractivity contribution in [1.29, 1.82) is 0 Å². The number of hydrogen-bond acceptors (Lipinski definition) is 2. The number of rotatable bonds is 4. The van der Waals surface area contributed by atoms with Crippen molar-refractivity contribution >= 4 is 5.91 Å². The molecule has 0 fully saturated rings. The van der Waals surface area contributed by atoms with Gasteiger partial charge in [0, 0.05) is 11.3 Å². The Morgan fingerprint density at radius 3 is 2.33 bits per heavy atom. The van der Waals surface area contributed by atoms with E-state index < -0.39 is 0 Å². The van der Waals surface area contributed by atoms with E-state index in [4.69, 9.17) is 0 Å². The summed E-state index contributed by atoms with van der Waals surface area (Å²) < 4.78 is 28.1. The maximum Gasteiger partial charge on any atom is 0.272 e. The third kappa shape index (κ3) is 3.35. The van der Waals surface area contributed by atoms with Gasteiger partial charge in [-0.15, -0.1) is 0 Å². The molecule has 6 heteroatoms. The fourth-order valence-corrected chi connectivity index (χ4v) is 3.52. The molecule has 4 rings (SSSR count). The highest BCUT2D eigenvalue weighted by molar-refractivity contribution is 5.94. The van der Waals surface area contributed by atoms with E-state index in [-0.39, 0.29) is 23.6 Å². The van der Waals surface area contributed by atoms with Crippen LogP contribution >= 0.6 is 0 Å². The van der Waals surface area contributed by atoms with Crippen molar-refractivity contribution in [2.24, 2.45) is 0 Å². The molecular weight excluding hydrogens is 348 g/mol. The average Bonchev–Trinajstić information content (AvgIpc) is 3.25. The van der Waals surface area contributed by atoms with Crippen molar-refractivity contribution in [3.05, 3.63) is 82.7 Å². The molecule has 1 N–H and O–H groups in total. The second-order valence-electron chi connectivity index (χ2n) is 6.76. The molecule has 1 aliphatic carbocycles. The highest BCUT2D eigenvalue weighted by Crippen LogP contribution is 2.28. The van der Waals surface area contributed by atoms with Gasteiger partial charge in [0.25, 0.3) is 5.91 Å². The number of carbonyl (C=O) groups is 1. The molecule has 138 valence electrons. The summed E-state index contributed by atoms with van der Waals surface area (Å²) in [6.07, 6.45) is 2.59. The number of carbonyl (C=O) groups excluding carboxylic acids is 1. The lowest BCUT2D eigenvalue weighted by atomic mass is 10.1. The number of nitrogens with one attached hydrogen (secondary N) is 1. The number of amides is 1. The molecule has 0 radical (unpaired) electrons. The van der Waals surface area contributed by atoms with Crippen LogP contribution < -0.4 is 5.32 Å². The lowest BCUT2D eigenvalue weighted by Gasteiger charge is -2.14. The van der Waals surface area contributed by atoms with E-state index in [9.17, 15) is 13.6 Å². The van der Waals surface area contributed by atoms with Crippen LogP contribution in [-0.2, 0) is 12.8 Å². The minimum absolute atomic E-state index is 0.258. The molecule has 1 aromatic heterocycles. The quantitative estimate of drug-likeness (QED) is 0.754. The van der Waals surface area contributed by atoms with Crippen LogP contribution in [0.2, 0.25) is 0 Å². The van der Waals surface area contributed by atoms with Gasteiger partial charge in [-0.3, -0.25) is 4.79 Å². The second-order valence-corrected chi connectivity index (χ2v) is 6.76. The van der Waals surface area contributed by atoms with E-state index in [2.05, 4.69) is 10.4 Å². The first kappa shape index (κ1) is 17.4. The topological polar surface area (TPSA) is 46.9 Å². The molecule has 0 aliphatic heterocycles. The van der Waals surface area contributed by atoms with E-state index in [1.54, 1.807) is 28.9 Å². The minimum atomic E-state index is -0.312. The molecule has 1 atom stereocenters. The van der Waals surface area contributed by atoms with Crippen LogP contribution in [0.3, 0.4) is 0 Å². The number of aromatic nitrogens is 2. The van der Waals surface area contributed by atoms with E-state index in [1.165, 1.54) is 24.3 Å². The Labute approximate surface area is 155 Å². The highest BCUT2D eigenvalue weighted by Gasteiger charge is 2.27. The number of hydrogen-bond donors (Lipinski definition) is 1. The summed E-state index contributed by atoms with van der Waals surface area (Å²) in [6.45, 7) is 1.85. The normalized spacial score (nSPS) is 14.0. The Hall–Kier alpha value is -3.02. The van der Waals surface area contributed by atoms with Crippen LogP contribution in [-0.4, -0.2) is 15.7 Å². The molecular formula is C21H19F2N3O. The van der Waals surface area contributed by atoms with Gasteiger partial charge in [-0.1, -0.05) is 12.1 Å². The summed E-state index contributed by atoms with van der Waals surface area (Å²) in [5.41, 5.74) is 3.91. The Morgan fingerprint density at radius 1 is 1.04 bits per heavy atom. The fourth-order valence-electron chi connectivity index (χ4n) is 3.52. The first-order valence-corrected chi connectivity index (χ1v) is 8.96. The number of halogens is 2. The molecule has 2 aromatic carbocycles. The predicted octanol–water partition coefficient (Wildman–Crippen LogP) is 4.13. The Balaban J connectivity index is 1.62. The maximum absolute atomic E-state index is 13.2. The molecule has 0 spiro atoms. The number of nitrogens with zero attached hydrogens (tertiary/aromatic N) is 2. The smallest absolute Gasteiger partial charge is 0.272 e. The molecule has 0 unspecified atom stereocenters. The second kappa shape index (κ2) is 6.95. The van der Waals surface area contributed by atoms with Crippen molar-refractivity contribution in [3.8, 4) is 5.69 Å². The molecule has 0 saturated heterocycles. The summed E-state index contributed by atoms with van der Waals surface area (Å²) in [6, 6.07) is 11.9. The van der Waals surface area contributed by atoms with Crippen LogP contribution in [0.4, 0.5) is 8.78 Å². The fraction of sp³-hybridized carbons (Fsp3) is 0.238. The Kier molecular flexibility index (Phi) is 4.48. The molecule has 4 nitrogen and oxygen atoms in total. The van der Waals surface area contributed by atoms with Gasteiger partial charge in [-0.05, 0) is 68.1 Å². The van der Waals surface area contributed by atoms with Crippen LogP contribution in [0.1, 0.15) is 46.7 Å². The van der Waals surface area contributed by atoms with Gasteiger partial charge in [0.05, 0.1) is 11.7 Å². The van der Waals surface area contributed by atoms with Crippen molar-refractivity contribution in [2.75, 3.05) is 0 Å². The standard InChI is InChI=1S/C21H19F2N3O/c1-13(14-5-7-15(22)8-6-14)24-21(27)20-18-3-2-4-19(18)26(25-20)17-11-9-16(23)10-12-17/h5-13H,2-4H2,1H3,(H,24,27)/t13-/m1/s1. The SMILES string of the molecule is C[C@@H](NC(=O)c1nn(-c2ccc(F)cc2)c2c1CCC2)c1ccc(F)cc1. The van der Waals surface area contributed by atoms with Crippen molar-refractivity contribution < 1.29 is 13.6 Å². The first-order chi connectivity index (χ1) is 13.0. The summed E-state index contributed by atoms with van der Waals surface area (Å²) in [5, 5.41) is 7.45. The van der Waals surface area contributed by atoms with E-state index in [1.807, 2.05) is 6.92 Å². The molecule has 1 aliphatic rings. The van der Waals surface area contributed by atoms with Gasteiger partial charge in [0.15, 0.2) is 5.69 Å². The van der Waals surface area contributed by atoms with Gasteiger partial charge in [0.2, 0.25) is 0 Å². The molecule has 27 heavy (non-hydrogen) atoms. The average molecular weight is 367 g/mol. The zero-order chi connectivity index (χ0) is 19.0. The predicted molar refractivity (Wildman–Crippen MR) is 97.8 cm³/mol. The van der Waals surface area contributed by atoms with Crippen molar-refractivity contribution in [1.82, 2.24) is 15.1 Å². The Morgan fingerprint density at radius 2 is 1.67 bits per heavy atom. The molecule has 1 heterocycles.